The van der Waals surface area contributed by atoms with E-state index >= 15 is 8.78 Å². The number of carbonyl (C=O) groups excluding carboxylic acids is 5. The molecule has 6 aliphatic heterocycles. The van der Waals surface area contributed by atoms with E-state index in [0.717, 1.165) is 43.5 Å². The number of aromatic nitrogens is 3. The molecule has 0 radical (unpaired) electrons. The lowest BCUT2D eigenvalue weighted by Gasteiger charge is -2.35. The van der Waals surface area contributed by atoms with E-state index in [0.29, 0.717) is 147 Å². The Morgan fingerprint density at radius 2 is 1.38 bits per heavy atom. The lowest BCUT2D eigenvalue weighted by atomic mass is 9.91. The number of benzene rings is 3. The number of alkyl carbamates (subject to hydrolysis) is 1. The Balaban J connectivity index is 0.495. The van der Waals surface area contributed by atoms with Gasteiger partial charge in [0.1, 0.15) is 47.9 Å². The Labute approximate surface area is 548 Å². The predicted octanol–water partition coefficient (Wildman–Crippen LogP) is 4.74. The molecule has 95 heavy (non-hydrogen) atoms. The standard InChI is InChI=1S/C67H82F2N10O16/c1-3-49-54(68)9-4-43-32-48(80)34-52(57(43)49)59-58(69)60-53(36-72-59)61(77-38-45-5-6-46(39-77)73-45)76-65(75-60)95-41-67-13-12-47(78(67)37-42(2)35-67)40-94-66(85)71-15-17-87-19-21-89-23-25-91-27-29-93-31-30-92-28-26-90-24-22-88-20-18-86-16-14-70-44-7-8-50-51(33-44)64(84)79(63(50)83)55-10-11-56(81)74-62(55)82/h1,4,7-9,32-34,36,42,45-47,55,70,73,80H,5-6,10-31,35,37-41H2,2H3,(H,71,85)(H,74,81,82)/t42?,45?,46?,47-,55?,67?/m0/s1. The number of halogens is 2. The summed E-state index contributed by atoms with van der Waals surface area (Å²) in [6, 6.07) is 9.73. The Hall–Kier alpha value is -7.82. The van der Waals surface area contributed by atoms with Gasteiger partial charge in [-0.05, 0) is 86.2 Å². The summed E-state index contributed by atoms with van der Waals surface area (Å²) in [5.41, 5.74) is 0.533. The molecule has 5 N–H and O–H groups in total. The van der Waals surface area contributed by atoms with E-state index in [4.69, 9.17) is 63.8 Å². The Kier molecular flexibility index (Phi) is 23.6. The summed E-state index contributed by atoms with van der Waals surface area (Å²) in [7, 11) is 0. The fraction of sp³-hybridized carbons (Fsp3) is 0.552. The SMILES string of the molecule is C#Cc1c(F)ccc2cc(O)cc(-c3ncc4c(N5CC6CCC(C5)N6)nc(OCC56CC[C@@H](COC(=O)NCCOCCOCCOCCOCCOCCOCCOCCOCCNc7ccc8c(c7)C(=O)N(C7CCC(=O)NC7=O)C8=O)N5CC(C)C6)nc4c3F)c12. The molecule has 28 heteroatoms. The van der Waals surface area contributed by atoms with Crippen molar-refractivity contribution in [1.82, 2.24) is 40.7 Å². The lowest BCUT2D eigenvalue weighted by Crippen LogP contribution is -2.54. The normalized spacial score (nSPS) is 21.6. The van der Waals surface area contributed by atoms with Crippen LogP contribution in [0.5, 0.6) is 11.8 Å². The first-order chi connectivity index (χ1) is 46.3. The molecule has 26 nitrogen and oxygen atoms in total. The largest absolute Gasteiger partial charge is 0.508 e. The molecule has 6 aliphatic rings. The minimum atomic E-state index is -1.01. The van der Waals surface area contributed by atoms with E-state index in [-0.39, 0.29) is 108 Å². The van der Waals surface area contributed by atoms with Gasteiger partial charge in [0.15, 0.2) is 5.82 Å². The summed E-state index contributed by atoms with van der Waals surface area (Å²) in [5, 5.41) is 23.6. The maximum Gasteiger partial charge on any atom is 0.407 e. The summed E-state index contributed by atoms with van der Waals surface area (Å²) >= 11 is 0. The Morgan fingerprint density at radius 1 is 0.747 bits per heavy atom. The maximum atomic E-state index is 17.2. The van der Waals surface area contributed by atoms with Gasteiger partial charge in [0.25, 0.3) is 11.8 Å². The average molecular weight is 1320 g/mol. The maximum absolute atomic E-state index is 17.2. The number of fused-ring (bicyclic) bond motifs is 6. The fourth-order valence-electron chi connectivity index (χ4n) is 13.5. The number of phenolic OH excluding ortho intramolecular Hbond substituents is 1. The number of piperazine rings is 1. The van der Waals surface area contributed by atoms with E-state index in [2.05, 4.69) is 48.9 Å². The molecule has 2 bridgehead atoms. The minimum Gasteiger partial charge on any atom is -0.508 e. The van der Waals surface area contributed by atoms with Crippen molar-refractivity contribution < 1.29 is 85.2 Å². The molecule has 5 amide bonds. The van der Waals surface area contributed by atoms with Crippen LogP contribution in [0.4, 0.5) is 25.1 Å². The van der Waals surface area contributed by atoms with Crippen LogP contribution in [0, 0.1) is 29.9 Å². The van der Waals surface area contributed by atoms with Gasteiger partial charge in [-0.25, -0.2) is 13.6 Å². The zero-order valence-electron chi connectivity index (χ0n) is 53.3. The van der Waals surface area contributed by atoms with Crippen LogP contribution in [0.15, 0.2) is 48.7 Å². The zero-order chi connectivity index (χ0) is 66.3. The molecule has 2 aromatic heterocycles. The van der Waals surface area contributed by atoms with Gasteiger partial charge in [-0.3, -0.25) is 39.3 Å². The number of amides is 5. The van der Waals surface area contributed by atoms with Crippen molar-refractivity contribution in [3.63, 3.8) is 0 Å². The number of hydrogen-bond acceptors (Lipinski definition) is 23. The summed E-state index contributed by atoms with van der Waals surface area (Å²) in [6.45, 7) is 11.6. The van der Waals surface area contributed by atoms with Crippen LogP contribution in [0.25, 0.3) is 32.9 Å². The van der Waals surface area contributed by atoms with E-state index in [1.165, 1.54) is 30.5 Å². The molecule has 5 unspecified atom stereocenters. The number of rotatable bonds is 36. The number of nitrogens with one attached hydrogen (secondary N) is 4. The number of terminal acetylenes is 1. The van der Waals surface area contributed by atoms with E-state index < -0.39 is 52.9 Å². The molecule has 3 aromatic carbocycles. The van der Waals surface area contributed by atoms with Gasteiger partial charge in [0, 0.05) is 80.1 Å². The number of aromatic hydroxyl groups is 1. The molecule has 8 heterocycles. The van der Waals surface area contributed by atoms with Crippen molar-refractivity contribution in [2.24, 2.45) is 5.92 Å². The van der Waals surface area contributed by atoms with Gasteiger partial charge in [-0.15, -0.1) is 6.42 Å². The van der Waals surface area contributed by atoms with E-state index in [1.54, 1.807) is 18.2 Å². The highest BCUT2D eigenvalue weighted by Crippen LogP contribution is 2.46. The highest BCUT2D eigenvalue weighted by Gasteiger charge is 2.53. The summed E-state index contributed by atoms with van der Waals surface area (Å²) < 4.78 is 89.3. The van der Waals surface area contributed by atoms with E-state index in [1.807, 2.05) is 0 Å². The minimum absolute atomic E-state index is 0.00853. The third-order valence-electron chi connectivity index (χ3n) is 17.9. The van der Waals surface area contributed by atoms with Crippen molar-refractivity contribution in [2.45, 2.75) is 81.6 Å². The monoisotopic (exact) mass is 1320 g/mol. The number of pyridine rings is 1. The molecule has 0 aliphatic carbocycles. The lowest BCUT2D eigenvalue weighted by molar-refractivity contribution is -0.136. The first kappa shape index (κ1) is 68.6. The number of anilines is 2. The van der Waals surface area contributed by atoms with Crippen LogP contribution in [0.3, 0.4) is 0 Å². The van der Waals surface area contributed by atoms with Crippen molar-refractivity contribution >= 4 is 62.9 Å². The van der Waals surface area contributed by atoms with Gasteiger partial charge in [0.05, 0.1) is 133 Å². The van der Waals surface area contributed by atoms with Gasteiger partial charge in [-0.1, -0.05) is 18.9 Å². The van der Waals surface area contributed by atoms with E-state index in [9.17, 15) is 29.1 Å². The number of nitrogens with zero attached hydrogens (tertiary/aromatic N) is 6. The van der Waals surface area contributed by atoms with Crippen LogP contribution in [-0.2, 0) is 52.2 Å². The Bertz CT molecular complexity index is 3590. The van der Waals surface area contributed by atoms with Crippen LogP contribution in [0.1, 0.15) is 78.1 Å². The van der Waals surface area contributed by atoms with Crippen molar-refractivity contribution in [3.05, 3.63) is 77.0 Å². The zero-order valence-corrected chi connectivity index (χ0v) is 53.3. The summed E-state index contributed by atoms with van der Waals surface area (Å²) in [6.07, 6.45) is 11.3. The number of imide groups is 2. The molecule has 510 valence electrons. The van der Waals surface area contributed by atoms with Gasteiger partial charge >= 0.3 is 12.1 Å². The summed E-state index contributed by atoms with van der Waals surface area (Å²) in [4.78, 5) is 82.3. The quantitative estimate of drug-likeness (QED) is 0.0205. The smallest absolute Gasteiger partial charge is 0.407 e. The molecule has 5 saturated heterocycles. The molecule has 0 saturated carbocycles. The topological polar surface area (TPSA) is 294 Å². The molecule has 5 aromatic rings. The first-order valence-corrected chi connectivity index (χ1v) is 32.6. The fourth-order valence-corrected chi connectivity index (χ4v) is 13.5. The van der Waals surface area contributed by atoms with Crippen molar-refractivity contribution in [1.29, 1.82) is 0 Å². The van der Waals surface area contributed by atoms with Crippen molar-refractivity contribution in [3.8, 4) is 35.4 Å². The van der Waals surface area contributed by atoms with Crippen LogP contribution >= 0.6 is 0 Å². The number of hydrogen-bond donors (Lipinski definition) is 5. The Morgan fingerprint density at radius 3 is 2.02 bits per heavy atom. The van der Waals surface area contributed by atoms with Crippen LogP contribution in [-0.4, -0.2) is 241 Å². The molecular formula is C67H82F2N10O16. The number of ether oxygens (including phenoxy) is 10. The summed E-state index contributed by atoms with van der Waals surface area (Å²) in [5.74, 6) is -0.553. The third kappa shape index (κ3) is 16.9. The van der Waals surface area contributed by atoms with Crippen LogP contribution < -0.4 is 30.9 Å². The van der Waals surface area contributed by atoms with Gasteiger partial charge in [-0.2, -0.15) is 9.97 Å². The second-order valence-corrected chi connectivity index (χ2v) is 24.4. The highest BCUT2D eigenvalue weighted by atomic mass is 19.1. The number of piperidine rings is 1. The molecule has 0 spiro atoms. The predicted molar refractivity (Wildman–Crippen MR) is 341 cm³/mol. The molecular weight excluding hydrogens is 1240 g/mol. The average Bonchev–Trinajstić information content (AvgIpc) is 1.39. The molecule has 11 rings (SSSR count). The third-order valence-corrected chi connectivity index (χ3v) is 17.9. The molecule has 5 fully saturated rings. The van der Waals surface area contributed by atoms with Gasteiger partial charge < -0.3 is 73.3 Å². The number of phenols is 1. The van der Waals surface area contributed by atoms with Gasteiger partial charge in [0.2, 0.25) is 11.8 Å². The second-order valence-electron chi connectivity index (χ2n) is 24.4. The first-order valence-electron chi connectivity index (χ1n) is 32.6. The number of carbonyl (C=O) groups is 5. The molecule has 6 atom stereocenters. The highest BCUT2D eigenvalue weighted by molar-refractivity contribution is 6.23. The van der Waals surface area contributed by atoms with Crippen LogP contribution in [0.2, 0.25) is 0 Å². The van der Waals surface area contributed by atoms with Crippen molar-refractivity contribution in [2.75, 3.05) is 162 Å². The second kappa shape index (κ2) is 32.7.